The van der Waals surface area contributed by atoms with E-state index in [2.05, 4.69) is 18.7 Å². The van der Waals surface area contributed by atoms with Gasteiger partial charge in [-0.25, -0.2) is 0 Å². The Morgan fingerprint density at radius 1 is 0.960 bits per heavy atom. The van der Waals surface area contributed by atoms with E-state index in [9.17, 15) is 9.59 Å². The number of aryl methyl sites for hydroxylation is 1. The highest BCUT2D eigenvalue weighted by Gasteiger charge is 2.17. The van der Waals surface area contributed by atoms with Crippen molar-refractivity contribution < 1.29 is 14.3 Å². The van der Waals surface area contributed by atoms with Crippen molar-refractivity contribution in [2.24, 2.45) is 0 Å². The fourth-order valence-electron chi connectivity index (χ4n) is 2.68. The van der Waals surface area contributed by atoms with E-state index < -0.39 is 0 Å². The number of ether oxygens (including phenoxy) is 1. The predicted molar refractivity (Wildman–Crippen MR) is 101 cm³/mol. The smallest absolute Gasteiger partial charge is 0.307 e. The van der Waals surface area contributed by atoms with E-state index in [1.807, 2.05) is 31.2 Å². The first-order valence-electron chi connectivity index (χ1n) is 9.25. The SMILES string of the molecule is CCOC(=O)CCN(CCCN(CC)CC)C(=O)c1ccc(C)cc1. The molecule has 0 heterocycles. The summed E-state index contributed by atoms with van der Waals surface area (Å²) < 4.78 is 4.99. The van der Waals surface area contributed by atoms with Crippen LogP contribution in [0.2, 0.25) is 0 Å². The summed E-state index contributed by atoms with van der Waals surface area (Å²) in [5, 5.41) is 0. The monoisotopic (exact) mass is 348 g/mol. The number of carbonyl (C=O) groups is 2. The summed E-state index contributed by atoms with van der Waals surface area (Å²) >= 11 is 0. The Balaban J connectivity index is 2.70. The fraction of sp³-hybridized carbons (Fsp3) is 0.600. The highest BCUT2D eigenvalue weighted by atomic mass is 16.5. The average molecular weight is 348 g/mol. The lowest BCUT2D eigenvalue weighted by molar-refractivity contribution is -0.143. The summed E-state index contributed by atoms with van der Waals surface area (Å²) in [6.07, 6.45) is 1.12. The maximum absolute atomic E-state index is 12.8. The third-order valence-electron chi connectivity index (χ3n) is 4.27. The van der Waals surface area contributed by atoms with Crippen LogP contribution in [0.4, 0.5) is 0 Å². The topological polar surface area (TPSA) is 49.9 Å². The molecule has 1 aromatic carbocycles. The van der Waals surface area contributed by atoms with E-state index in [0.29, 0.717) is 25.3 Å². The Morgan fingerprint density at radius 2 is 1.60 bits per heavy atom. The molecule has 140 valence electrons. The van der Waals surface area contributed by atoms with Crippen molar-refractivity contribution in [2.45, 2.75) is 40.5 Å². The predicted octanol–water partition coefficient (Wildman–Crippen LogP) is 3.12. The van der Waals surface area contributed by atoms with Crippen LogP contribution in [-0.4, -0.2) is 61.0 Å². The zero-order valence-electron chi connectivity index (χ0n) is 16.1. The normalized spacial score (nSPS) is 10.8. The third kappa shape index (κ3) is 7.69. The quantitative estimate of drug-likeness (QED) is 0.577. The lowest BCUT2D eigenvalue weighted by Gasteiger charge is -2.25. The summed E-state index contributed by atoms with van der Waals surface area (Å²) in [5.41, 5.74) is 1.79. The molecule has 0 fully saturated rings. The Kier molecular flexibility index (Phi) is 9.85. The molecule has 25 heavy (non-hydrogen) atoms. The maximum atomic E-state index is 12.8. The third-order valence-corrected chi connectivity index (χ3v) is 4.27. The van der Waals surface area contributed by atoms with Crippen LogP contribution in [0.5, 0.6) is 0 Å². The average Bonchev–Trinajstić information content (AvgIpc) is 2.61. The second kappa shape index (κ2) is 11.6. The molecular weight excluding hydrogens is 316 g/mol. The summed E-state index contributed by atoms with van der Waals surface area (Å²) in [4.78, 5) is 28.6. The second-order valence-corrected chi connectivity index (χ2v) is 6.09. The van der Waals surface area contributed by atoms with Gasteiger partial charge < -0.3 is 14.5 Å². The van der Waals surface area contributed by atoms with Crippen molar-refractivity contribution >= 4 is 11.9 Å². The van der Waals surface area contributed by atoms with Crippen LogP contribution in [0.3, 0.4) is 0 Å². The molecule has 0 saturated carbocycles. The van der Waals surface area contributed by atoms with Gasteiger partial charge in [0.2, 0.25) is 0 Å². The molecule has 0 spiro atoms. The number of nitrogens with zero attached hydrogens (tertiary/aromatic N) is 2. The van der Waals surface area contributed by atoms with E-state index in [1.54, 1.807) is 11.8 Å². The van der Waals surface area contributed by atoms with Crippen LogP contribution in [0.1, 0.15) is 49.5 Å². The number of esters is 1. The molecule has 0 unspecified atom stereocenters. The first kappa shape index (κ1) is 21.2. The Hall–Kier alpha value is -1.88. The van der Waals surface area contributed by atoms with Crippen LogP contribution in [-0.2, 0) is 9.53 Å². The van der Waals surface area contributed by atoms with Gasteiger partial charge in [0.25, 0.3) is 5.91 Å². The lowest BCUT2D eigenvalue weighted by Crippen LogP contribution is -2.36. The van der Waals surface area contributed by atoms with E-state index in [1.165, 1.54) is 0 Å². The van der Waals surface area contributed by atoms with Crippen molar-refractivity contribution in [1.82, 2.24) is 9.80 Å². The Labute approximate surface area is 151 Å². The summed E-state index contributed by atoms with van der Waals surface area (Å²) in [6, 6.07) is 7.57. The van der Waals surface area contributed by atoms with Gasteiger partial charge in [-0.2, -0.15) is 0 Å². The molecule has 0 saturated heterocycles. The van der Waals surface area contributed by atoms with E-state index in [4.69, 9.17) is 4.74 Å². The number of benzene rings is 1. The molecule has 0 aliphatic carbocycles. The van der Waals surface area contributed by atoms with Crippen molar-refractivity contribution in [3.05, 3.63) is 35.4 Å². The molecule has 1 amide bonds. The van der Waals surface area contributed by atoms with Crippen LogP contribution >= 0.6 is 0 Å². The van der Waals surface area contributed by atoms with Crippen LogP contribution < -0.4 is 0 Å². The molecule has 0 atom stereocenters. The number of hydrogen-bond donors (Lipinski definition) is 0. The minimum Gasteiger partial charge on any atom is -0.466 e. The Morgan fingerprint density at radius 3 is 2.16 bits per heavy atom. The standard InChI is InChI=1S/C20H32N2O3/c1-5-21(6-2)14-8-15-22(16-13-19(23)25-7-3)20(24)18-11-9-17(4)10-12-18/h9-12H,5-8,13-16H2,1-4H3. The number of carbonyl (C=O) groups excluding carboxylic acids is 2. The van der Waals surface area contributed by atoms with Gasteiger partial charge in [0.1, 0.15) is 0 Å². The van der Waals surface area contributed by atoms with Gasteiger partial charge in [-0.1, -0.05) is 31.5 Å². The molecule has 5 heteroatoms. The van der Waals surface area contributed by atoms with Gasteiger partial charge >= 0.3 is 5.97 Å². The molecule has 0 N–H and O–H groups in total. The summed E-state index contributed by atoms with van der Waals surface area (Å²) in [6.45, 7) is 12.4. The van der Waals surface area contributed by atoms with Gasteiger partial charge in [0.05, 0.1) is 13.0 Å². The summed E-state index contributed by atoms with van der Waals surface area (Å²) in [7, 11) is 0. The van der Waals surface area contributed by atoms with Gasteiger partial charge in [-0.3, -0.25) is 9.59 Å². The largest absolute Gasteiger partial charge is 0.466 e. The molecule has 0 bridgehead atoms. The lowest BCUT2D eigenvalue weighted by atomic mass is 10.1. The number of amides is 1. The van der Waals surface area contributed by atoms with Crippen molar-refractivity contribution in [3.8, 4) is 0 Å². The van der Waals surface area contributed by atoms with Crippen molar-refractivity contribution in [1.29, 1.82) is 0 Å². The molecular formula is C20H32N2O3. The number of hydrogen-bond acceptors (Lipinski definition) is 4. The van der Waals surface area contributed by atoms with Crippen molar-refractivity contribution in [3.63, 3.8) is 0 Å². The zero-order chi connectivity index (χ0) is 18.7. The first-order valence-corrected chi connectivity index (χ1v) is 9.25. The van der Waals surface area contributed by atoms with E-state index in [-0.39, 0.29) is 18.3 Å². The molecule has 1 aromatic rings. The van der Waals surface area contributed by atoms with Gasteiger partial charge in [0, 0.05) is 18.7 Å². The van der Waals surface area contributed by atoms with E-state index >= 15 is 0 Å². The highest BCUT2D eigenvalue weighted by molar-refractivity contribution is 5.94. The van der Waals surface area contributed by atoms with Gasteiger partial charge in [0.15, 0.2) is 0 Å². The molecule has 1 rings (SSSR count). The van der Waals surface area contributed by atoms with E-state index in [0.717, 1.165) is 31.6 Å². The van der Waals surface area contributed by atoms with Gasteiger partial charge in [-0.15, -0.1) is 0 Å². The summed E-state index contributed by atoms with van der Waals surface area (Å²) in [5.74, 6) is -0.281. The minimum atomic E-state index is -0.257. The molecule has 0 radical (unpaired) electrons. The second-order valence-electron chi connectivity index (χ2n) is 6.09. The maximum Gasteiger partial charge on any atom is 0.307 e. The molecule has 0 aromatic heterocycles. The van der Waals surface area contributed by atoms with Crippen molar-refractivity contribution in [2.75, 3.05) is 39.3 Å². The number of rotatable bonds is 11. The highest BCUT2D eigenvalue weighted by Crippen LogP contribution is 2.09. The first-order chi connectivity index (χ1) is 12.0. The zero-order valence-corrected chi connectivity index (χ0v) is 16.1. The fourth-order valence-corrected chi connectivity index (χ4v) is 2.68. The molecule has 0 aliphatic rings. The molecule has 5 nitrogen and oxygen atoms in total. The van der Waals surface area contributed by atoms with Crippen LogP contribution in [0.25, 0.3) is 0 Å². The van der Waals surface area contributed by atoms with Crippen LogP contribution in [0.15, 0.2) is 24.3 Å². The minimum absolute atomic E-state index is 0.0242. The van der Waals surface area contributed by atoms with Gasteiger partial charge in [-0.05, 0) is 52.0 Å². The Bertz CT molecular complexity index is 524. The molecule has 0 aliphatic heterocycles. The van der Waals surface area contributed by atoms with Crippen LogP contribution in [0, 0.1) is 6.92 Å².